The zero-order chi connectivity index (χ0) is 12.1. The smallest absolute Gasteiger partial charge is 0.305 e. The summed E-state index contributed by atoms with van der Waals surface area (Å²) in [5.41, 5.74) is 0.804. The van der Waals surface area contributed by atoms with Crippen LogP contribution >= 0.6 is 0 Å². The van der Waals surface area contributed by atoms with Crippen LogP contribution in [0, 0.1) is 6.92 Å². The van der Waals surface area contributed by atoms with Gasteiger partial charge in [0.1, 0.15) is 12.1 Å². The molecule has 0 bridgehead atoms. The third-order valence-electron chi connectivity index (χ3n) is 2.23. The Kier molecular flexibility index (Phi) is 4.04. The average molecular weight is 225 g/mol. The summed E-state index contributed by atoms with van der Waals surface area (Å²) in [5.74, 6) is 0.366. The maximum Gasteiger partial charge on any atom is 0.305 e. The summed E-state index contributed by atoms with van der Waals surface area (Å²) in [6.07, 6.45) is 1.47. The maximum atomic E-state index is 10.5. The van der Waals surface area contributed by atoms with Gasteiger partial charge in [-0.25, -0.2) is 9.97 Å². The monoisotopic (exact) mass is 225 g/mol. The third-order valence-corrected chi connectivity index (χ3v) is 2.23. The fraction of sp³-hybridized carbons (Fsp3) is 0.500. The molecule has 0 aliphatic rings. The highest BCUT2D eigenvalue weighted by molar-refractivity contribution is 5.67. The number of aromatic nitrogens is 2. The van der Waals surface area contributed by atoms with Crippen molar-refractivity contribution < 1.29 is 14.6 Å². The highest BCUT2D eigenvalue weighted by Gasteiger charge is 2.12. The van der Waals surface area contributed by atoms with Gasteiger partial charge in [0.05, 0.1) is 19.1 Å². The van der Waals surface area contributed by atoms with Crippen LogP contribution in [0.25, 0.3) is 0 Å². The Labute approximate surface area is 93.9 Å². The topological polar surface area (TPSA) is 75.6 Å². The van der Waals surface area contributed by atoms with Gasteiger partial charge in [-0.3, -0.25) is 4.79 Å². The lowest BCUT2D eigenvalue weighted by atomic mass is 10.3. The lowest BCUT2D eigenvalue weighted by Gasteiger charge is -2.19. The van der Waals surface area contributed by atoms with E-state index >= 15 is 0 Å². The molecule has 0 aliphatic carbocycles. The van der Waals surface area contributed by atoms with Gasteiger partial charge in [-0.2, -0.15) is 0 Å². The molecule has 1 rings (SSSR count). The molecule has 0 amide bonds. The molecule has 1 N–H and O–H groups in total. The van der Waals surface area contributed by atoms with Gasteiger partial charge in [0.25, 0.3) is 0 Å². The highest BCUT2D eigenvalue weighted by atomic mass is 16.5. The first kappa shape index (κ1) is 12.2. The molecule has 0 unspecified atom stereocenters. The summed E-state index contributed by atoms with van der Waals surface area (Å²) in [5, 5.41) is 8.60. The number of aliphatic carboxylic acids is 1. The molecule has 0 aliphatic heterocycles. The predicted octanol–water partition coefficient (Wildman–Crippen LogP) is 0.705. The highest BCUT2D eigenvalue weighted by Crippen LogP contribution is 2.22. The lowest BCUT2D eigenvalue weighted by Crippen LogP contribution is -2.23. The Morgan fingerprint density at radius 1 is 1.56 bits per heavy atom. The summed E-state index contributed by atoms with van der Waals surface area (Å²) in [7, 11) is 3.33. The van der Waals surface area contributed by atoms with Crippen LogP contribution < -0.4 is 9.64 Å². The number of carboxylic acids is 1. The summed E-state index contributed by atoms with van der Waals surface area (Å²) >= 11 is 0. The number of carbonyl (C=O) groups is 1. The van der Waals surface area contributed by atoms with E-state index in [1.54, 1.807) is 11.9 Å². The van der Waals surface area contributed by atoms with Crippen LogP contribution in [0.4, 0.5) is 5.82 Å². The maximum absolute atomic E-state index is 10.5. The van der Waals surface area contributed by atoms with Gasteiger partial charge in [-0.05, 0) is 6.92 Å². The Morgan fingerprint density at radius 3 is 2.81 bits per heavy atom. The summed E-state index contributed by atoms with van der Waals surface area (Å²) in [4.78, 5) is 20.3. The molecule has 6 heteroatoms. The molecule has 0 spiro atoms. The number of hydrogen-bond acceptors (Lipinski definition) is 5. The second-order valence-electron chi connectivity index (χ2n) is 3.40. The second-order valence-corrected chi connectivity index (χ2v) is 3.40. The van der Waals surface area contributed by atoms with E-state index in [-0.39, 0.29) is 6.42 Å². The lowest BCUT2D eigenvalue weighted by molar-refractivity contribution is -0.136. The van der Waals surface area contributed by atoms with Gasteiger partial charge in [-0.1, -0.05) is 0 Å². The normalized spacial score (nSPS) is 9.94. The van der Waals surface area contributed by atoms with E-state index in [0.717, 1.165) is 5.56 Å². The zero-order valence-electron chi connectivity index (χ0n) is 9.60. The minimum absolute atomic E-state index is 0.0717. The zero-order valence-corrected chi connectivity index (χ0v) is 9.60. The second kappa shape index (κ2) is 5.29. The van der Waals surface area contributed by atoms with Crippen LogP contribution in [0.5, 0.6) is 5.88 Å². The van der Waals surface area contributed by atoms with E-state index in [1.165, 1.54) is 13.4 Å². The molecule has 0 radical (unpaired) electrons. The Balaban J connectivity index is 2.82. The molecule has 0 saturated heterocycles. The van der Waals surface area contributed by atoms with E-state index < -0.39 is 5.97 Å². The SMILES string of the molecule is COc1ncnc(N(C)CCC(=O)O)c1C. The summed E-state index contributed by atoms with van der Waals surface area (Å²) < 4.78 is 5.07. The summed E-state index contributed by atoms with van der Waals surface area (Å²) in [6.45, 7) is 2.24. The Morgan fingerprint density at radius 2 is 2.25 bits per heavy atom. The fourth-order valence-corrected chi connectivity index (χ4v) is 1.39. The molecule has 16 heavy (non-hydrogen) atoms. The van der Waals surface area contributed by atoms with Crippen LogP contribution in [-0.4, -0.2) is 41.7 Å². The first-order valence-electron chi connectivity index (χ1n) is 4.84. The number of nitrogens with zero attached hydrogens (tertiary/aromatic N) is 3. The van der Waals surface area contributed by atoms with Crippen molar-refractivity contribution >= 4 is 11.8 Å². The van der Waals surface area contributed by atoms with Gasteiger partial charge >= 0.3 is 5.97 Å². The third kappa shape index (κ3) is 2.82. The number of anilines is 1. The molecule has 0 aromatic carbocycles. The van der Waals surface area contributed by atoms with Crippen molar-refractivity contribution in [3.8, 4) is 5.88 Å². The predicted molar refractivity (Wildman–Crippen MR) is 58.8 cm³/mol. The first-order valence-corrected chi connectivity index (χ1v) is 4.84. The average Bonchev–Trinajstić information content (AvgIpc) is 2.26. The number of carboxylic acid groups (broad SMARTS) is 1. The van der Waals surface area contributed by atoms with Gasteiger partial charge < -0.3 is 14.7 Å². The molecular formula is C10H15N3O3. The van der Waals surface area contributed by atoms with Crippen LogP contribution in [-0.2, 0) is 4.79 Å². The van der Waals surface area contributed by atoms with Crippen molar-refractivity contribution in [2.45, 2.75) is 13.3 Å². The molecule has 0 atom stereocenters. The van der Waals surface area contributed by atoms with Gasteiger partial charge in [0.15, 0.2) is 0 Å². The fourth-order valence-electron chi connectivity index (χ4n) is 1.39. The van der Waals surface area contributed by atoms with Crippen molar-refractivity contribution in [2.75, 3.05) is 25.6 Å². The van der Waals surface area contributed by atoms with Crippen molar-refractivity contribution in [2.24, 2.45) is 0 Å². The standard InChI is InChI=1S/C10H15N3O3/c1-7-9(11-6-12-10(7)16-3)13(2)5-4-8(14)15/h6H,4-5H2,1-3H3,(H,14,15). The van der Waals surface area contributed by atoms with E-state index in [9.17, 15) is 4.79 Å². The Bertz CT molecular complexity index is 382. The van der Waals surface area contributed by atoms with E-state index in [0.29, 0.717) is 18.2 Å². The largest absolute Gasteiger partial charge is 0.481 e. The molecule has 6 nitrogen and oxygen atoms in total. The first-order chi connectivity index (χ1) is 7.56. The quantitative estimate of drug-likeness (QED) is 0.795. The van der Waals surface area contributed by atoms with Crippen molar-refractivity contribution in [3.63, 3.8) is 0 Å². The van der Waals surface area contributed by atoms with E-state index in [1.807, 2.05) is 6.92 Å². The molecular weight excluding hydrogens is 210 g/mol. The van der Waals surface area contributed by atoms with E-state index in [2.05, 4.69) is 9.97 Å². The van der Waals surface area contributed by atoms with Crippen LogP contribution in [0.1, 0.15) is 12.0 Å². The molecule has 1 aromatic heterocycles. The van der Waals surface area contributed by atoms with Crippen molar-refractivity contribution in [3.05, 3.63) is 11.9 Å². The van der Waals surface area contributed by atoms with Crippen molar-refractivity contribution in [1.29, 1.82) is 0 Å². The molecule has 0 saturated carbocycles. The van der Waals surface area contributed by atoms with Gasteiger partial charge in [0.2, 0.25) is 5.88 Å². The van der Waals surface area contributed by atoms with Crippen LogP contribution in [0.3, 0.4) is 0 Å². The minimum Gasteiger partial charge on any atom is -0.481 e. The summed E-state index contributed by atoms with van der Waals surface area (Å²) in [6, 6.07) is 0. The minimum atomic E-state index is -0.828. The van der Waals surface area contributed by atoms with Crippen LogP contribution in [0.15, 0.2) is 6.33 Å². The molecule has 0 fully saturated rings. The van der Waals surface area contributed by atoms with Gasteiger partial charge in [-0.15, -0.1) is 0 Å². The molecule has 1 aromatic rings. The number of hydrogen-bond donors (Lipinski definition) is 1. The number of ether oxygens (including phenoxy) is 1. The number of rotatable bonds is 5. The molecule has 1 heterocycles. The van der Waals surface area contributed by atoms with Gasteiger partial charge in [0, 0.05) is 13.6 Å². The molecule has 88 valence electrons. The van der Waals surface area contributed by atoms with Crippen LogP contribution in [0.2, 0.25) is 0 Å². The Hall–Kier alpha value is -1.85. The van der Waals surface area contributed by atoms with E-state index in [4.69, 9.17) is 9.84 Å². The van der Waals surface area contributed by atoms with Crippen molar-refractivity contribution in [1.82, 2.24) is 9.97 Å². The number of methoxy groups -OCH3 is 1.